The van der Waals surface area contributed by atoms with Crippen LogP contribution in [-0.2, 0) is 22.6 Å². The number of aryl methyl sites for hydroxylation is 2. The standard InChI is InChI=1S/C30H26N2O3S/c1-4-32-28-13-11-21(27(31-35-20(3)33)18-23-9-7-15-36-23)16-25(28)26-17-22(12-14-29(26)32)30(34)24-10-6-5-8-19(24)2/h5-17H,4,18H2,1-3H3/b31-27+. The van der Waals surface area contributed by atoms with E-state index >= 15 is 0 Å². The fraction of sp³-hybridized carbons (Fsp3) is 0.167. The first kappa shape index (κ1) is 23.7. The molecule has 6 heteroatoms. The van der Waals surface area contributed by atoms with Crippen LogP contribution in [0.25, 0.3) is 21.8 Å². The number of hydrogen-bond donors (Lipinski definition) is 0. The Hall–Kier alpha value is -4.03. The number of aromatic nitrogens is 1. The first-order chi connectivity index (χ1) is 17.5. The molecule has 0 atom stereocenters. The zero-order chi connectivity index (χ0) is 25.2. The van der Waals surface area contributed by atoms with Crippen molar-refractivity contribution in [3.05, 3.63) is 105 Å². The van der Waals surface area contributed by atoms with E-state index in [0.29, 0.717) is 23.3 Å². The molecule has 5 aromatic rings. The second-order valence-electron chi connectivity index (χ2n) is 8.73. The van der Waals surface area contributed by atoms with Crippen molar-refractivity contribution in [3.8, 4) is 0 Å². The molecule has 0 fully saturated rings. The number of benzene rings is 3. The molecule has 2 aromatic heterocycles. The van der Waals surface area contributed by atoms with Crippen molar-refractivity contribution in [3.63, 3.8) is 0 Å². The molecule has 0 unspecified atom stereocenters. The lowest BCUT2D eigenvalue weighted by Gasteiger charge is -2.07. The van der Waals surface area contributed by atoms with Crippen LogP contribution in [0.5, 0.6) is 0 Å². The minimum Gasteiger partial charge on any atom is -0.341 e. The van der Waals surface area contributed by atoms with Gasteiger partial charge in [0.15, 0.2) is 5.78 Å². The van der Waals surface area contributed by atoms with Crippen LogP contribution in [0.15, 0.2) is 83.3 Å². The normalized spacial score (nSPS) is 11.8. The van der Waals surface area contributed by atoms with Gasteiger partial charge in [-0.1, -0.05) is 41.6 Å². The number of ketones is 1. The minimum atomic E-state index is -0.457. The summed E-state index contributed by atoms with van der Waals surface area (Å²) in [6.45, 7) is 6.22. The first-order valence-corrected chi connectivity index (χ1v) is 12.8. The van der Waals surface area contributed by atoms with E-state index in [2.05, 4.69) is 28.8 Å². The summed E-state index contributed by atoms with van der Waals surface area (Å²) in [5.41, 5.74) is 6.04. The van der Waals surface area contributed by atoms with Crippen molar-refractivity contribution in [1.82, 2.24) is 4.57 Å². The van der Waals surface area contributed by atoms with Gasteiger partial charge in [0, 0.05) is 63.3 Å². The van der Waals surface area contributed by atoms with Crippen LogP contribution in [0.2, 0.25) is 0 Å². The minimum absolute atomic E-state index is 0.0124. The SMILES string of the molecule is CCn1c2ccc(C(=O)c3ccccc3C)cc2c2cc(/C(Cc3cccs3)=N/OC(C)=O)ccc21. The predicted octanol–water partition coefficient (Wildman–Crippen LogP) is 6.93. The van der Waals surface area contributed by atoms with Gasteiger partial charge in [0.25, 0.3) is 0 Å². The van der Waals surface area contributed by atoms with E-state index in [1.807, 2.05) is 73.0 Å². The fourth-order valence-corrected chi connectivity index (χ4v) is 5.34. The van der Waals surface area contributed by atoms with Gasteiger partial charge in [-0.25, -0.2) is 4.79 Å². The van der Waals surface area contributed by atoms with Crippen molar-refractivity contribution in [2.75, 3.05) is 0 Å². The highest BCUT2D eigenvalue weighted by molar-refractivity contribution is 7.10. The Morgan fingerprint density at radius 3 is 2.25 bits per heavy atom. The summed E-state index contributed by atoms with van der Waals surface area (Å²) in [5.74, 6) is -0.444. The summed E-state index contributed by atoms with van der Waals surface area (Å²) in [6, 6.07) is 23.8. The molecule has 0 saturated carbocycles. The van der Waals surface area contributed by atoms with Crippen LogP contribution in [0.3, 0.4) is 0 Å². The number of hydrogen-bond acceptors (Lipinski definition) is 5. The van der Waals surface area contributed by atoms with Crippen LogP contribution >= 0.6 is 11.3 Å². The average molecular weight is 495 g/mol. The van der Waals surface area contributed by atoms with Crippen LogP contribution in [0, 0.1) is 6.92 Å². The number of carbonyl (C=O) groups excluding carboxylic acids is 2. The number of carbonyl (C=O) groups is 2. The van der Waals surface area contributed by atoms with Gasteiger partial charge in [-0.3, -0.25) is 4.79 Å². The molecule has 3 aromatic carbocycles. The summed E-state index contributed by atoms with van der Waals surface area (Å²) in [6.07, 6.45) is 0.555. The Morgan fingerprint density at radius 1 is 0.917 bits per heavy atom. The second-order valence-corrected chi connectivity index (χ2v) is 9.76. The van der Waals surface area contributed by atoms with Crippen molar-refractivity contribution < 1.29 is 14.4 Å². The van der Waals surface area contributed by atoms with Gasteiger partial charge in [-0.2, -0.15) is 0 Å². The van der Waals surface area contributed by atoms with Gasteiger partial charge in [-0.15, -0.1) is 11.3 Å². The number of oxime groups is 1. The third-order valence-electron chi connectivity index (χ3n) is 6.37. The maximum atomic E-state index is 13.4. The largest absolute Gasteiger partial charge is 0.341 e. The Balaban J connectivity index is 1.66. The first-order valence-electron chi connectivity index (χ1n) is 11.9. The summed E-state index contributed by atoms with van der Waals surface area (Å²) >= 11 is 1.64. The maximum Gasteiger partial charge on any atom is 0.331 e. The van der Waals surface area contributed by atoms with Crippen molar-refractivity contribution in [2.24, 2.45) is 5.16 Å². The molecular weight excluding hydrogens is 468 g/mol. The highest BCUT2D eigenvalue weighted by Crippen LogP contribution is 2.32. The molecule has 0 aliphatic rings. The molecule has 2 heterocycles. The smallest absolute Gasteiger partial charge is 0.331 e. The Labute approximate surface area is 213 Å². The summed E-state index contributed by atoms with van der Waals surface area (Å²) < 4.78 is 2.25. The molecular formula is C30H26N2O3S. The van der Waals surface area contributed by atoms with Crippen molar-refractivity contribution in [2.45, 2.75) is 33.7 Å². The predicted molar refractivity (Wildman–Crippen MR) is 146 cm³/mol. The van der Waals surface area contributed by atoms with Gasteiger partial charge in [0.05, 0.1) is 5.71 Å². The highest BCUT2D eigenvalue weighted by atomic mass is 32.1. The van der Waals surface area contributed by atoms with E-state index in [1.54, 1.807) is 11.3 Å². The molecule has 0 radical (unpaired) electrons. The van der Waals surface area contributed by atoms with Crippen LogP contribution in [-0.4, -0.2) is 22.0 Å². The zero-order valence-corrected chi connectivity index (χ0v) is 21.3. The molecule has 0 amide bonds. The Morgan fingerprint density at radius 2 is 1.61 bits per heavy atom. The lowest BCUT2D eigenvalue weighted by Crippen LogP contribution is -2.07. The van der Waals surface area contributed by atoms with E-state index in [1.165, 1.54) is 6.92 Å². The molecule has 36 heavy (non-hydrogen) atoms. The van der Waals surface area contributed by atoms with E-state index in [0.717, 1.165) is 44.4 Å². The lowest BCUT2D eigenvalue weighted by molar-refractivity contribution is -0.140. The third kappa shape index (κ3) is 4.48. The summed E-state index contributed by atoms with van der Waals surface area (Å²) in [7, 11) is 0. The van der Waals surface area contributed by atoms with Crippen molar-refractivity contribution >= 4 is 50.6 Å². The molecule has 0 aliphatic heterocycles. The van der Waals surface area contributed by atoms with Gasteiger partial charge >= 0.3 is 5.97 Å². The van der Waals surface area contributed by atoms with Gasteiger partial charge in [0.2, 0.25) is 0 Å². The molecule has 180 valence electrons. The molecule has 0 aliphatic carbocycles. The van der Waals surface area contributed by atoms with Gasteiger partial charge in [-0.05, 0) is 61.2 Å². The Bertz CT molecular complexity index is 1630. The summed E-state index contributed by atoms with van der Waals surface area (Å²) in [4.78, 5) is 31.0. The molecule has 5 nitrogen and oxygen atoms in total. The van der Waals surface area contributed by atoms with Gasteiger partial charge in [0.1, 0.15) is 0 Å². The van der Waals surface area contributed by atoms with E-state index in [-0.39, 0.29) is 5.78 Å². The van der Waals surface area contributed by atoms with Crippen LogP contribution < -0.4 is 0 Å². The summed E-state index contributed by atoms with van der Waals surface area (Å²) in [5, 5.41) is 8.25. The topological polar surface area (TPSA) is 60.7 Å². The van der Waals surface area contributed by atoms with Crippen molar-refractivity contribution in [1.29, 1.82) is 0 Å². The number of rotatable bonds is 7. The molecule has 0 N–H and O–H groups in total. The number of nitrogens with zero attached hydrogens (tertiary/aromatic N) is 2. The van der Waals surface area contributed by atoms with E-state index < -0.39 is 5.97 Å². The van der Waals surface area contributed by atoms with Crippen LogP contribution in [0.4, 0.5) is 0 Å². The van der Waals surface area contributed by atoms with Crippen LogP contribution in [0.1, 0.15) is 45.8 Å². The van der Waals surface area contributed by atoms with Gasteiger partial charge < -0.3 is 9.40 Å². The Kier molecular flexibility index (Phi) is 6.53. The monoisotopic (exact) mass is 494 g/mol. The quantitative estimate of drug-likeness (QED) is 0.107. The second kappa shape index (κ2) is 9.91. The lowest BCUT2D eigenvalue weighted by atomic mass is 9.97. The number of fused-ring (bicyclic) bond motifs is 3. The fourth-order valence-electron chi connectivity index (χ4n) is 4.63. The molecule has 0 bridgehead atoms. The maximum absolute atomic E-state index is 13.4. The number of thiophene rings is 1. The van der Waals surface area contributed by atoms with E-state index in [9.17, 15) is 9.59 Å². The highest BCUT2D eigenvalue weighted by Gasteiger charge is 2.17. The molecule has 0 spiro atoms. The third-order valence-corrected chi connectivity index (χ3v) is 7.25. The molecule has 5 rings (SSSR count). The average Bonchev–Trinajstić information content (AvgIpc) is 3.51. The zero-order valence-electron chi connectivity index (χ0n) is 20.4. The van der Waals surface area contributed by atoms with E-state index in [4.69, 9.17) is 4.84 Å². The molecule has 0 saturated heterocycles.